The Morgan fingerprint density at radius 3 is 2.45 bits per heavy atom. The van der Waals surface area contributed by atoms with Crippen LogP contribution in [-0.4, -0.2) is 20.4 Å². The van der Waals surface area contributed by atoms with Crippen LogP contribution in [0.4, 0.5) is 11.4 Å². The van der Waals surface area contributed by atoms with Crippen molar-refractivity contribution in [1.29, 1.82) is 0 Å². The molecule has 2 aromatic rings. The maximum absolute atomic E-state index is 12.6. The number of halogens is 2. The van der Waals surface area contributed by atoms with Gasteiger partial charge < -0.3 is 0 Å². The predicted octanol–water partition coefficient (Wildman–Crippen LogP) is 3.73. The van der Waals surface area contributed by atoms with E-state index in [1.807, 2.05) is 0 Å². The SMILES string of the molecule is CN(c1cc(Cl)ccc1Cl)S(=O)(=O)c1cccc([N+](=O)[O-])c1. The van der Waals surface area contributed by atoms with Crippen molar-refractivity contribution in [3.8, 4) is 0 Å². The Hall–Kier alpha value is -1.83. The monoisotopic (exact) mass is 360 g/mol. The van der Waals surface area contributed by atoms with Crippen LogP contribution in [0.25, 0.3) is 0 Å². The van der Waals surface area contributed by atoms with Gasteiger partial charge in [0.05, 0.1) is 20.5 Å². The van der Waals surface area contributed by atoms with Crippen LogP contribution in [-0.2, 0) is 10.0 Å². The second-order valence-electron chi connectivity index (χ2n) is 4.32. The van der Waals surface area contributed by atoms with Crippen molar-refractivity contribution in [2.24, 2.45) is 0 Å². The van der Waals surface area contributed by atoms with Crippen LogP contribution < -0.4 is 4.31 Å². The highest BCUT2D eigenvalue weighted by atomic mass is 35.5. The van der Waals surface area contributed by atoms with Crippen molar-refractivity contribution < 1.29 is 13.3 Å². The highest BCUT2D eigenvalue weighted by Crippen LogP contribution is 2.32. The fraction of sp³-hybridized carbons (Fsp3) is 0.0769. The summed E-state index contributed by atoms with van der Waals surface area (Å²) in [6, 6.07) is 9.18. The number of hydrogen-bond acceptors (Lipinski definition) is 4. The van der Waals surface area contributed by atoms with Gasteiger partial charge in [0.1, 0.15) is 0 Å². The van der Waals surface area contributed by atoms with Gasteiger partial charge in [0.15, 0.2) is 0 Å². The molecule has 0 aliphatic rings. The van der Waals surface area contributed by atoms with Gasteiger partial charge in [-0.15, -0.1) is 0 Å². The average molecular weight is 361 g/mol. The van der Waals surface area contributed by atoms with Gasteiger partial charge in [-0.05, 0) is 24.3 Å². The van der Waals surface area contributed by atoms with Gasteiger partial charge in [-0.3, -0.25) is 14.4 Å². The minimum atomic E-state index is -4.00. The van der Waals surface area contributed by atoms with Crippen LogP contribution in [0.2, 0.25) is 10.0 Å². The zero-order valence-electron chi connectivity index (χ0n) is 11.2. The summed E-state index contributed by atoms with van der Waals surface area (Å²) in [4.78, 5) is 9.91. The van der Waals surface area contributed by atoms with Crippen molar-refractivity contribution in [3.63, 3.8) is 0 Å². The number of benzene rings is 2. The van der Waals surface area contributed by atoms with E-state index in [2.05, 4.69) is 0 Å². The number of rotatable bonds is 4. The first-order valence-electron chi connectivity index (χ1n) is 5.92. The summed E-state index contributed by atoms with van der Waals surface area (Å²) in [5.41, 5.74) is -0.132. The molecule has 116 valence electrons. The van der Waals surface area contributed by atoms with Crippen molar-refractivity contribution in [2.45, 2.75) is 4.90 Å². The van der Waals surface area contributed by atoms with Gasteiger partial charge in [-0.25, -0.2) is 8.42 Å². The molecule has 0 saturated carbocycles. The molecular weight excluding hydrogens is 351 g/mol. The molecule has 2 rings (SSSR count). The highest BCUT2D eigenvalue weighted by Gasteiger charge is 2.25. The lowest BCUT2D eigenvalue weighted by Gasteiger charge is -2.20. The summed E-state index contributed by atoms with van der Waals surface area (Å²) >= 11 is 11.8. The van der Waals surface area contributed by atoms with E-state index in [0.717, 1.165) is 10.4 Å². The van der Waals surface area contributed by atoms with Gasteiger partial charge in [-0.2, -0.15) is 0 Å². The van der Waals surface area contributed by atoms with E-state index in [-0.39, 0.29) is 21.3 Å². The molecule has 0 fully saturated rings. The van der Waals surface area contributed by atoms with E-state index in [1.165, 1.54) is 43.4 Å². The van der Waals surface area contributed by atoms with Crippen LogP contribution >= 0.6 is 23.2 Å². The second kappa shape index (κ2) is 6.12. The lowest BCUT2D eigenvalue weighted by Crippen LogP contribution is -2.26. The van der Waals surface area contributed by atoms with Crippen LogP contribution in [0.15, 0.2) is 47.4 Å². The molecule has 9 heteroatoms. The van der Waals surface area contributed by atoms with Crippen LogP contribution in [0.1, 0.15) is 0 Å². The summed E-state index contributed by atoms with van der Waals surface area (Å²) in [6.07, 6.45) is 0. The van der Waals surface area contributed by atoms with Gasteiger partial charge >= 0.3 is 0 Å². The first-order chi connectivity index (χ1) is 10.2. The molecule has 0 aliphatic heterocycles. The Bertz CT molecular complexity index is 840. The topological polar surface area (TPSA) is 80.5 Å². The van der Waals surface area contributed by atoms with Crippen LogP contribution in [0.3, 0.4) is 0 Å². The number of nitro groups is 1. The third-order valence-corrected chi connectivity index (χ3v) is 5.26. The summed E-state index contributed by atoms with van der Waals surface area (Å²) in [7, 11) is -2.70. The Kier molecular flexibility index (Phi) is 4.60. The van der Waals surface area contributed by atoms with Crippen molar-refractivity contribution >= 4 is 44.6 Å². The fourth-order valence-electron chi connectivity index (χ4n) is 1.77. The quantitative estimate of drug-likeness (QED) is 0.614. The molecule has 0 aromatic heterocycles. The first-order valence-corrected chi connectivity index (χ1v) is 8.11. The molecule has 0 N–H and O–H groups in total. The molecule has 2 aromatic carbocycles. The molecule has 0 saturated heterocycles. The first kappa shape index (κ1) is 16.5. The van der Waals surface area contributed by atoms with E-state index in [4.69, 9.17) is 23.2 Å². The number of anilines is 1. The Balaban J connectivity index is 2.52. The molecule has 0 atom stereocenters. The average Bonchev–Trinajstić information content (AvgIpc) is 2.49. The number of nitrogens with zero attached hydrogens (tertiary/aromatic N) is 2. The molecule has 0 bridgehead atoms. The lowest BCUT2D eigenvalue weighted by atomic mass is 10.3. The van der Waals surface area contributed by atoms with Crippen molar-refractivity contribution in [2.75, 3.05) is 11.4 Å². The third-order valence-electron chi connectivity index (χ3n) is 2.93. The summed E-state index contributed by atoms with van der Waals surface area (Å²) in [5.74, 6) is 0. The maximum Gasteiger partial charge on any atom is 0.270 e. The van der Waals surface area contributed by atoms with Gasteiger partial charge in [-0.1, -0.05) is 29.3 Å². The van der Waals surface area contributed by atoms with Gasteiger partial charge in [0.2, 0.25) is 0 Å². The molecule has 0 aliphatic carbocycles. The normalized spacial score (nSPS) is 11.2. The van der Waals surface area contributed by atoms with E-state index < -0.39 is 14.9 Å². The molecular formula is C13H10Cl2N2O4S. The Labute approximate surface area is 137 Å². The van der Waals surface area contributed by atoms with Gasteiger partial charge in [0, 0.05) is 24.2 Å². The third kappa shape index (κ3) is 3.16. The fourth-order valence-corrected chi connectivity index (χ4v) is 3.48. The minimum Gasteiger partial charge on any atom is -0.268 e. The van der Waals surface area contributed by atoms with Crippen molar-refractivity contribution in [1.82, 2.24) is 0 Å². The zero-order valence-corrected chi connectivity index (χ0v) is 13.6. The lowest BCUT2D eigenvalue weighted by molar-refractivity contribution is -0.385. The van der Waals surface area contributed by atoms with Crippen LogP contribution in [0.5, 0.6) is 0 Å². The molecule has 0 heterocycles. The molecule has 0 unspecified atom stereocenters. The second-order valence-corrected chi connectivity index (χ2v) is 7.14. The standard InChI is InChI=1S/C13H10Cl2N2O4S/c1-16(13-7-9(14)5-6-12(13)15)22(20,21)11-4-2-3-10(8-11)17(18)19/h2-8H,1H3. The van der Waals surface area contributed by atoms with E-state index in [0.29, 0.717) is 5.02 Å². The molecule has 22 heavy (non-hydrogen) atoms. The van der Waals surface area contributed by atoms with Crippen LogP contribution in [0, 0.1) is 10.1 Å². The van der Waals surface area contributed by atoms with E-state index in [1.54, 1.807) is 0 Å². The minimum absolute atomic E-state index is 0.181. The maximum atomic E-state index is 12.6. The predicted molar refractivity (Wildman–Crippen MR) is 85.1 cm³/mol. The summed E-state index contributed by atoms with van der Waals surface area (Å²) < 4.78 is 26.1. The van der Waals surface area contributed by atoms with Crippen molar-refractivity contribution in [3.05, 3.63) is 62.6 Å². The smallest absolute Gasteiger partial charge is 0.268 e. The summed E-state index contributed by atoms with van der Waals surface area (Å²) in [5, 5.41) is 11.3. The molecule has 0 radical (unpaired) electrons. The number of non-ortho nitro benzene ring substituents is 1. The van der Waals surface area contributed by atoms with E-state index >= 15 is 0 Å². The molecule has 0 spiro atoms. The number of sulfonamides is 1. The summed E-state index contributed by atoms with van der Waals surface area (Å²) in [6.45, 7) is 0. The molecule has 0 amide bonds. The highest BCUT2D eigenvalue weighted by molar-refractivity contribution is 7.92. The van der Waals surface area contributed by atoms with Gasteiger partial charge in [0.25, 0.3) is 15.7 Å². The molecule has 6 nitrogen and oxygen atoms in total. The Morgan fingerprint density at radius 1 is 1.14 bits per heavy atom. The largest absolute Gasteiger partial charge is 0.270 e. The van der Waals surface area contributed by atoms with E-state index in [9.17, 15) is 18.5 Å². The zero-order chi connectivity index (χ0) is 16.5. The Morgan fingerprint density at radius 2 is 1.82 bits per heavy atom. The number of hydrogen-bond donors (Lipinski definition) is 0. The number of nitro benzene ring substituents is 1.